The molecule has 146 valence electrons. The first-order valence-electron chi connectivity index (χ1n) is 10.4. The van der Waals surface area contributed by atoms with E-state index < -0.39 is 0 Å². The van der Waals surface area contributed by atoms with Crippen LogP contribution in [0.3, 0.4) is 0 Å². The molecule has 0 unspecified atom stereocenters. The Hall–Kier alpha value is -2.05. The van der Waals surface area contributed by atoms with Crippen LogP contribution in [0.4, 0.5) is 5.82 Å². The van der Waals surface area contributed by atoms with Gasteiger partial charge in [0, 0.05) is 35.9 Å². The molecule has 5 nitrogen and oxygen atoms in total. The van der Waals surface area contributed by atoms with Gasteiger partial charge in [0.25, 0.3) is 0 Å². The van der Waals surface area contributed by atoms with Crippen molar-refractivity contribution in [3.8, 4) is 0 Å². The number of aromatic nitrogens is 3. The maximum Gasteiger partial charge on any atom is 0.138 e. The molecule has 0 saturated heterocycles. The van der Waals surface area contributed by atoms with E-state index in [0.29, 0.717) is 12.1 Å². The average Bonchev–Trinajstić information content (AvgIpc) is 3.31. The van der Waals surface area contributed by atoms with Crippen molar-refractivity contribution < 1.29 is 0 Å². The minimum atomic E-state index is 0.514. The molecule has 0 aliphatic heterocycles. The summed E-state index contributed by atoms with van der Waals surface area (Å²) in [6, 6.07) is 5.40. The lowest BCUT2D eigenvalue weighted by Gasteiger charge is -2.35. The topological polar surface area (TPSA) is 53.9 Å². The summed E-state index contributed by atoms with van der Waals surface area (Å²) in [4.78, 5) is 18.5. The largest absolute Gasteiger partial charge is 0.367 e. The van der Waals surface area contributed by atoms with E-state index in [-0.39, 0.29) is 0 Å². The lowest BCUT2D eigenvalue weighted by molar-refractivity contribution is 0.179. The number of hydrogen-bond acceptors (Lipinski definition) is 6. The smallest absolute Gasteiger partial charge is 0.138 e. The molecule has 2 aliphatic rings. The summed E-state index contributed by atoms with van der Waals surface area (Å²) in [6.45, 7) is 0.999. The number of rotatable bonds is 5. The van der Waals surface area contributed by atoms with Gasteiger partial charge in [-0.3, -0.25) is 9.88 Å². The highest BCUT2D eigenvalue weighted by atomic mass is 32.1. The van der Waals surface area contributed by atoms with E-state index in [2.05, 4.69) is 44.3 Å². The Morgan fingerprint density at radius 1 is 1.11 bits per heavy atom. The van der Waals surface area contributed by atoms with E-state index in [4.69, 9.17) is 0 Å². The molecule has 0 radical (unpaired) electrons. The molecular formula is C22H27N5S. The van der Waals surface area contributed by atoms with Gasteiger partial charge in [-0.15, -0.1) is 11.3 Å². The predicted octanol–water partition coefficient (Wildman–Crippen LogP) is 4.43. The normalized spacial score (nSPS) is 21.9. The molecule has 1 fully saturated rings. The fourth-order valence-electron chi connectivity index (χ4n) is 4.80. The SMILES string of the molecule is CN(Cc1ccncc1)[C@H]1CC[C@H](Nc2ncnc3sc4c(c23)CCC4)CC1. The second-order valence-electron chi connectivity index (χ2n) is 8.18. The fraction of sp³-hybridized carbons (Fsp3) is 0.500. The average molecular weight is 394 g/mol. The number of anilines is 1. The number of fused-ring (bicyclic) bond motifs is 3. The Labute approximate surface area is 170 Å². The zero-order chi connectivity index (χ0) is 18.9. The van der Waals surface area contributed by atoms with E-state index in [0.717, 1.165) is 17.2 Å². The van der Waals surface area contributed by atoms with Crippen LogP contribution in [-0.4, -0.2) is 39.0 Å². The highest BCUT2D eigenvalue weighted by Crippen LogP contribution is 2.39. The minimum absolute atomic E-state index is 0.514. The third kappa shape index (κ3) is 3.51. The minimum Gasteiger partial charge on any atom is -0.367 e. The zero-order valence-corrected chi connectivity index (χ0v) is 17.2. The van der Waals surface area contributed by atoms with E-state index in [9.17, 15) is 0 Å². The monoisotopic (exact) mass is 393 g/mol. The Morgan fingerprint density at radius 2 is 1.93 bits per heavy atom. The quantitative estimate of drug-likeness (QED) is 0.695. The van der Waals surface area contributed by atoms with Gasteiger partial charge in [0.15, 0.2) is 0 Å². The first-order valence-corrected chi connectivity index (χ1v) is 11.2. The number of pyridine rings is 1. The maximum absolute atomic E-state index is 4.63. The van der Waals surface area contributed by atoms with Crippen molar-refractivity contribution in [2.45, 2.75) is 63.6 Å². The summed E-state index contributed by atoms with van der Waals surface area (Å²) in [5, 5.41) is 5.08. The molecule has 0 atom stereocenters. The third-order valence-electron chi connectivity index (χ3n) is 6.34. The second kappa shape index (κ2) is 7.76. The summed E-state index contributed by atoms with van der Waals surface area (Å²) in [5.41, 5.74) is 2.85. The van der Waals surface area contributed by atoms with Gasteiger partial charge in [0.05, 0.1) is 5.39 Å². The van der Waals surface area contributed by atoms with Crippen LogP contribution >= 0.6 is 11.3 Å². The molecule has 0 amide bonds. The van der Waals surface area contributed by atoms with Gasteiger partial charge in [-0.1, -0.05) is 0 Å². The van der Waals surface area contributed by atoms with Crippen molar-refractivity contribution in [1.29, 1.82) is 0 Å². The standard InChI is InChI=1S/C22H27N5S/c1-27(13-15-9-11-23-12-10-15)17-7-5-16(6-8-17)26-21-20-18-3-2-4-19(18)28-22(20)25-14-24-21/h9-12,14,16-17H,2-8,13H2,1H3,(H,24,25,26)/t16-,17-. The lowest BCUT2D eigenvalue weighted by atomic mass is 9.90. The molecule has 0 bridgehead atoms. The van der Waals surface area contributed by atoms with Crippen molar-refractivity contribution in [3.63, 3.8) is 0 Å². The van der Waals surface area contributed by atoms with Crippen molar-refractivity contribution >= 4 is 27.4 Å². The summed E-state index contributed by atoms with van der Waals surface area (Å²) < 4.78 is 0. The van der Waals surface area contributed by atoms with E-state index in [1.165, 1.54) is 66.3 Å². The van der Waals surface area contributed by atoms with E-state index in [1.54, 1.807) is 6.33 Å². The zero-order valence-electron chi connectivity index (χ0n) is 16.4. The summed E-state index contributed by atoms with van der Waals surface area (Å²) in [6.07, 6.45) is 14.0. The van der Waals surface area contributed by atoms with Crippen molar-refractivity contribution in [2.24, 2.45) is 0 Å². The molecule has 0 spiro atoms. The Kier molecular flexibility index (Phi) is 4.99. The number of thiophene rings is 1. The van der Waals surface area contributed by atoms with Crippen LogP contribution in [0.2, 0.25) is 0 Å². The van der Waals surface area contributed by atoms with Gasteiger partial charge < -0.3 is 5.32 Å². The molecule has 0 aromatic carbocycles. The number of aryl methyl sites for hydroxylation is 2. The van der Waals surface area contributed by atoms with E-state index >= 15 is 0 Å². The fourth-order valence-corrected chi connectivity index (χ4v) is 6.03. The molecule has 1 N–H and O–H groups in total. The predicted molar refractivity (Wildman–Crippen MR) is 115 cm³/mol. The Balaban J connectivity index is 1.23. The van der Waals surface area contributed by atoms with Gasteiger partial charge in [-0.05, 0) is 75.3 Å². The summed E-state index contributed by atoms with van der Waals surface area (Å²) >= 11 is 1.87. The molecule has 3 aromatic rings. The molecule has 3 aromatic heterocycles. The van der Waals surface area contributed by atoms with Gasteiger partial charge in [-0.2, -0.15) is 0 Å². The molecule has 2 aliphatic carbocycles. The van der Waals surface area contributed by atoms with E-state index in [1.807, 2.05) is 23.7 Å². The van der Waals surface area contributed by atoms with Crippen molar-refractivity contribution in [1.82, 2.24) is 19.9 Å². The Bertz CT molecular complexity index is 946. The lowest BCUT2D eigenvalue weighted by Crippen LogP contribution is -2.38. The van der Waals surface area contributed by atoms with Crippen molar-refractivity contribution in [3.05, 3.63) is 46.9 Å². The Morgan fingerprint density at radius 3 is 2.75 bits per heavy atom. The molecular weight excluding hydrogens is 366 g/mol. The number of hydrogen-bond donors (Lipinski definition) is 1. The van der Waals surface area contributed by atoms with Crippen LogP contribution in [-0.2, 0) is 19.4 Å². The second-order valence-corrected chi connectivity index (χ2v) is 9.26. The van der Waals surface area contributed by atoms with Crippen LogP contribution in [0.15, 0.2) is 30.9 Å². The van der Waals surface area contributed by atoms with Crippen LogP contribution < -0.4 is 5.32 Å². The first kappa shape index (κ1) is 18.0. The number of nitrogens with zero attached hydrogens (tertiary/aromatic N) is 4. The summed E-state index contributed by atoms with van der Waals surface area (Å²) in [5.74, 6) is 1.07. The molecule has 1 saturated carbocycles. The highest BCUT2D eigenvalue weighted by molar-refractivity contribution is 7.19. The first-order chi connectivity index (χ1) is 13.8. The van der Waals surface area contributed by atoms with Crippen LogP contribution in [0, 0.1) is 0 Å². The third-order valence-corrected chi connectivity index (χ3v) is 7.54. The number of nitrogens with one attached hydrogen (secondary N) is 1. The molecule has 6 heteroatoms. The molecule has 28 heavy (non-hydrogen) atoms. The highest BCUT2D eigenvalue weighted by Gasteiger charge is 2.26. The summed E-state index contributed by atoms with van der Waals surface area (Å²) in [7, 11) is 2.25. The molecule has 5 rings (SSSR count). The van der Waals surface area contributed by atoms with Crippen LogP contribution in [0.1, 0.15) is 48.1 Å². The maximum atomic E-state index is 4.63. The van der Waals surface area contributed by atoms with Crippen molar-refractivity contribution in [2.75, 3.05) is 12.4 Å². The molecule has 3 heterocycles. The van der Waals surface area contributed by atoms with Gasteiger partial charge >= 0.3 is 0 Å². The van der Waals surface area contributed by atoms with Crippen LogP contribution in [0.5, 0.6) is 0 Å². The van der Waals surface area contributed by atoms with Crippen LogP contribution in [0.25, 0.3) is 10.2 Å². The van der Waals surface area contributed by atoms with Gasteiger partial charge in [0.2, 0.25) is 0 Å². The van der Waals surface area contributed by atoms with Gasteiger partial charge in [-0.25, -0.2) is 9.97 Å². The van der Waals surface area contributed by atoms with Gasteiger partial charge in [0.1, 0.15) is 17.0 Å².